The molecule has 2 aliphatic rings. The van der Waals surface area contributed by atoms with Crippen molar-refractivity contribution in [2.24, 2.45) is 22.0 Å². The van der Waals surface area contributed by atoms with Crippen molar-refractivity contribution in [1.82, 2.24) is 10.0 Å². The number of unbranched alkanes of at least 4 members (excludes halogenated alkanes) is 6. The molecular weight excluding hydrogens is 428 g/mol. The number of phenolic OH excluding ortho intramolecular Hbond substituents is 1. The summed E-state index contributed by atoms with van der Waals surface area (Å²) in [6.45, 7) is 9.30. The summed E-state index contributed by atoms with van der Waals surface area (Å²) in [5.74, 6) is -1.38. The Morgan fingerprint density at radius 1 is 0.765 bits per heavy atom. The summed E-state index contributed by atoms with van der Waals surface area (Å²) < 4.78 is 0. The third-order valence-electron chi connectivity index (χ3n) is 6.94. The molecule has 7 heteroatoms. The minimum Gasteiger partial charge on any atom is -0.508 e. The minimum atomic E-state index is -0.519. The standard InChI is InChI=1S/C27H40N4O3/c1-5-7-9-11-17-30-26(33)23(19(3)28-30)25(21-13-15-22(32)16-14-21)24-20(4)29-31(27(24)34)18-12-10-8-6-2/h13-16,23-25,32H,5-12,17-18H2,1-4H3. The Labute approximate surface area is 203 Å². The normalized spacial score (nSPS) is 21.3. The van der Waals surface area contributed by atoms with Crippen LogP contribution < -0.4 is 0 Å². The Kier molecular flexibility index (Phi) is 9.25. The van der Waals surface area contributed by atoms with Crippen molar-refractivity contribution in [2.75, 3.05) is 13.1 Å². The third kappa shape index (κ3) is 5.86. The average molecular weight is 469 g/mol. The molecule has 0 aromatic heterocycles. The van der Waals surface area contributed by atoms with Crippen LogP contribution in [0.25, 0.3) is 0 Å². The van der Waals surface area contributed by atoms with E-state index in [0.717, 1.165) is 68.4 Å². The van der Waals surface area contributed by atoms with Crippen LogP contribution >= 0.6 is 0 Å². The van der Waals surface area contributed by atoms with Crippen molar-refractivity contribution in [3.8, 4) is 5.75 Å². The Balaban J connectivity index is 1.85. The van der Waals surface area contributed by atoms with Crippen LogP contribution in [-0.4, -0.2) is 51.5 Å². The maximum Gasteiger partial charge on any atom is 0.252 e. The van der Waals surface area contributed by atoms with Gasteiger partial charge in [-0.3, -0.25) is 9.59 Å². The molecule has 1 aromatic rings. The third-order valence-corrected chi connectivity index (χ3v) is 6.94. The van der Waals surface area contributed by atoms with E-state index in [0.29, 0.717) is 13.1 Å². The summed E-state index contributed by atoms with van der Waals surface area (Å²) in [5.41, 5.74) is 2.32. The molecule has 3 rings (SSSR count). The minimum absolute atomic E-state index is 0.0472. The number of nitrogens with zero attached hydrogens (tertiary/aromatic N) is 4. The fraction of sp³-hybridized carbons (Fsp3) is 0.630. The number of carbonyl (C=O) groups excluding carboxylic acids is 2. The number of rotatable bonds is 13. The molecule has 2 aliphatic heterocycles. The average Bonchev–Trinajstić information content (AvgIpc) is 3.25. The zero-order valence-corrected chi connectivity index (χ0v) is 21.2. The summed E-state index contributed by atoms with van der Waals surface area (Å²) in [6.07, 6.45) is 8.54. The van der Waals surface area contributed by atoms with Gasteiger partial charge in [0, 0.05) is 30.4 Å². The Bertz CT molecular complexity index is 857. The van der Waals surface area contributed by atoms with E-state index in [1.807, 2.05) is 26.0 Å². The molecule has 186 valence electrons. The van der Waals surface area contributed by atoms with E-state index < -0.39 is 17.8 Å². The number of hydrogen-bond donors (Lipinski definition) is 1. The summed E-state index contributed by atoms with van der Waals surface area (Å²) in [7, 11) is 0. The van der Waals surface area contributed by atoms with Crippen molar-refractivity contribution in [2.45, 2.75) is 85.0 Å². The molecule has 0 radical (unpaired) electrons. The van der Waals surface area contributed by atoms with Crippen LogP contribution in [-0.2, 0) is 9.59 Å². The van der Waals surface area contributed by atoms with Gasteiger partial charge in [0.2, 0.25) is 0 Å². The van der Waals surface area contributed by atoms with Crippen LogP contribution in [0.3, 0.4) is 0 Å². The molecule has 0 fully saturated rings. The largest absolute Gasteiger partial charge is 0.508 e. The smallest absolute Gasteiger partial charge is 0.252 e. The van der Waals surface area contributed by atoms with Crippen molar-refractivity contribution in [3.63, 3.8) is 0 Å². The van der Waals surface area contributed by atoms with Gasteiger partial charge in [0.05, 0.1) is 11.8 Å². The van der Waals surface area contributed by atoms with E-state index in [-0.39, 0.29) is 17.6 Å². The van der Waals surface area contributed by atoms with Gasteiger partial charge in [-0.2, -0.15) is 10.2 Å². The highest BCUT2D eigenvalue weighted by atomic mass is 16.3. The van der Waals surface area contributed by atoms with E-state index in [9.17, 15) is 14.7 Å². The first-order valence-electron chi connectivity index (χ1n) is 12.9. The van der Waals surface area contributed by atoms with Gasteiger partial charge in [-0.1, -0.05) is 64.5 Å². The first kappa shape index (κ1) is 25.9. The molecule has 1 N–H and O–H groups in total. The molecule has 34 heavy (non-hydrogen) atoms. The molecule has 0 aliphatic carbocycles. The number of benzene rings is 1. The molecule has 2 heterocycles. The second kappa shape index (κ2) is 12.1. The molecule has 0 saturated carbocycles. The summed E-state index contributed by atoms with van der Waals surface area (Å²) in [5, 5.41) is 22.3. The van der Waals surface area contributed by atoms with Crippen LogP contribution in [0.15, 0.2) is 34.5 Å². The van der Waals surface area contributed by atoms with Crippen LogP contribution in [0.4, 0.5) is 0 Å². The maximum atomic E-state index is 13.6. The second-order valence-electron chi connectivity index (χ2n) is 9.60. The predicted molar refractivity (Wildman–Crippen MR) is 136 cm³/mol. The zero-order chi connectivity index (χ0) is 24.7. The highest BCUT2D eigenvalue weighted by molar-refractivity contribution is 6.12. The quantitative estimate of drug-likeness (QED) is 0.398. The maximum absolute atomic E-state index is 13.6. The Morgan fingerprint density at radius 2 is 1.21 bits per heavy atom. The Morgan fingerprint density at radius 3 is 1.62 bits per heavy atom. The van der Waals surface area contributed by atoms with Gasteiger partial charge in [0.25, 0.3) is 11.8 Å². The predicted octanol–water partition coefficient (Wildman–Crippen LogP) is 5.31. The number of phenols is 1. The van der Waals surface area contributed by atoms with Crippen molar-refractivity contribution >= 4 is 23.2 Å². The van der Waals surface area contributed by atoms with Crippen molar-refractivity contribution in [3.05, 3.63) is 29.8 Å². The second-order valence-corrected chi connectivity index (χ2v) is 9.60. The SMILES string of the molecule is CCCCCCN1N=C(C)C(C(c2ccc(O)cc2)C2C(=O)N(CCCCCC)N=C2C)C1=O. The van der Waals surface area contributed by atoms with Crippen LogP contribution in [0.5, 0.6) is 5.75 Å². The lowest BCUT2D eigenvalue weighted by Crippen LogP contribution is -2.40. The number of amides is 2. The summed E-state index contributed by atoms with van der Waals surface area (Å²) >= 11 is 0. The molecule has 2 amide bonds. The Hall–Kier alpha value is -2.70. The van der Waals surface area contributed by atoms with Crippen molar-refractivity contribution < 1.29 is 14.7 Å². The molecule has 0 bridgehead atoms. The molecular formula is C27H40N4O3. The number of aromatic hydroxyl groups is 1. The number of carbonyl (C=O) groups is 2. The van der Waals surface area contributed by atoms with E-state index in [2.05, 4.69) is 24.1 Å². The lowest BCUT2D eigenvalue weighted by molar-refractivity contribution is -0.135. The fourth-order valence-electron chi connectivity index (χ4n) is 5.08. The molecule has 7 nitrogen and oxygen atoms in total. The molecule has 2 unspecified atom stereocenters. The van der Waals surface area contributed by atoms with Crippen LogP contribution in [0, 0.1) is 11.8 Å². The lowest BCUT2D eigenvalue weighted by Gasteiger charge is -2.28. The van der Waals surface area contributed by atoms with Crippen molar-refractivity contribution in [1.29, 1.82) is 0 Å². The number of hydrogen-bond acceptors (Lipinski definition) is 5. The highest BCUT2D eigenvalue weighted by Crippen LogP contribution is 2.41. The van der Waals surface area contributed by atoms with Gasteiger partial charge >= 0.3 is 0 Å². The van der Waals surface area contributed by atoms with Crippen LogP contribution in [0.2, 0.25) is 0 Å². The van der Waals surface area contributed by atoms with Gasteiger partial charge in [-0.25, -0.2) is 10.0 Å². The number of hydrazone groups is 2. The zero-order valence-electron chi connectivity index (χ0n) is 21.2. The molecule has 0 spiro atoms. The van der Waals surface area contributed by atoms with E-state index in [1.165, 1.54) is 0 Å². The highest BCUT2D eigenvalue weighted by Gasteiger charge is 2.49. The topological polar surface area (TPSA) is 85.6 Å². The summed E-state index contributed by atoms with van der Waals surface area (Å²) in [6, 6.07) is 6.86. The fourth-order valence-corrected chi connectivity index (χ4v) is 5.08. The van der Waals surface area contributed by atoms with E-state index in [4.69, 9.17) is 0 Å². The van der Waals surface area contributed by atoms with Gasteiger partial charge in [-0.15, -0.1) is 0 Å². The summed E-state index contributed by atoms with van der Waals surface area (Å²) in [4.78, 5) is 27.1. The van der Waals surface area contributed by atoms with Gasteiger partial charge in [0.1, 0.15) is 5.75 Å². The van der Waals surface area contributed by atoms with Gasteiger partial charge in [-0.05, 0) is 44.4 Å². The molecule has 0 saturated heterocycles. The van der Waals surface area contributed by atoms with Gasteiger partial charge in [0.15, 0.2) is 0 Å². The lowest BCUT2D eigenvalue weighted by atomic mass is 9.73. The van der Waals surface area contributed by atoms with Gasteiger partial charge < -0.3 is 5.11 Å². The monoisotopic (exact) mass is 468 g/mol. The van der Waals surface area contributed by atoms with E-state index >= 15 is 0 Å². The molecule has 1 aromatic carbocycles. The first-order valence-corrected chi connectivity index (χ1v) is 12.9. The van der Waals surface area contributed by atoms with E-state index in [1.54, 1.807) is 22.2 Å². The molecule has 2 atom stereocenters. The van der Waals surface area contributed by atoms with Crippen LogP contribution in [0.1, 0.15) is 90.5 Å². The first-order chi connectivity index (χ1) is 16.4.